The Labute approximate surface area is 118 Å². The van der Waals surface area contributed by atoms with Crippen LogP contribution in [0.25, 0.3) is 10.9 Å². The van der Waals surface area contributed by atoms with Crippen molar-refractivity contribution in [2.45, 2.75) is 31.7 Å². The maximum atomic E-state index is 11.6. The molecule has 2 aromatic rings. The maximum Gasteiger partial charge on any atom is 0.326 e. The van der Waals surface area contributed by atoms with Crippen LogP contribution in [0.4, 0.5) is 5.69 Å². The van der Waals surface area contributed by atoms with Crippen molar-refractivity contribution in [3.05, 3.63) is 36.5 Å². The highest BCUT2D eigenvalue weighted by Crippen LogP contribution is 2.30. The molecular formula is C16H18N2O2. The zero-order valence-corrected chi connectivity index (χ0v) is 11.3. The number of pyridine rings is 1. The van der Waals surface area contributed by atoms with E-state index in [9.17, 15) is 9.90 Å². The van der Waals surface area contributed by atoms with E-state index in [1.54, 1.807) is 6.20 Å². The Morgan fingerprint density at radius 1 is 1.20 bits per heavy atom. The van der Waals surface area contributed by atoms with Crippen LogP contribution in [0, 0.1) is 0 Å². The molecule has 1 aliphatic heterocycles. The number of carboxylic acid groups (broad SMARTS) is 1. The number of hydrogen-bond acceptors (Lipinski definition) is 3. The van der Waals surface area contributed by atoms with Gasteiger partial charge in [-0.25, -0.2) is 4.79 Å². The minimum Gasteiger partial charge on any atom is -0.480 e. The highest BCUT2D eigenvalue weighted by molar-refractivity contribution is 5.93. The molecule has 0 bridgehead atoms. The van der Waals surface area contributed by atoms with Crippen LogP contribution in [0.5, 0.6) is 0 Å². The van der Waals surface area contributed by atoms with Crippen LogP contribution in [0.3, 0.4) is 0 Å². The fraction of sp³-hybridized carbons (Fsp3) is 0.375. The number of rotatable bonds is 2. The van der Waals surface area contributed by atoms with E-state index in [1.165, 1.54) is 0 Å². The van der Waals surface area contributed by atoms with Crippen LogP contribution in [0.15, 0.2) is 36.5 Å². The first-order valence-electron chi connectivity index (χ1n) is 7.10. The Hall–Kier alpha value is -2.10. The third-order valence-corrected chi connectivity index (χ3v) is 3.97. The van der Waals surface area contributed by atoms with Crippen molar-refractivity contribution < 1.29 is 9.90 Å². The van der Waals surface area contributed by atoms with E-state index in [1.807, 2.05) is 35.2 Å². The number of hydrogen-bond donors (Lipinski definition) is 1. The number of anilines is 1. The standard InChI is InChI=1S/C16H18N2O2/c19-16(20)15-8-2-1-5-11-18(15)14-9-10-17-13-7-4-3-6-12(13)14/h3-4,6-7,9-10,15H,1-2,5,8,11H2,(H,19,20). The first kappa shape index (κ1) is 12.9. The second-order valence-electron chi connectivity index (χ2n) is 5.24. The Morgan fingerprint density at radius 3 is 2.90 bits per heavy atom. The van der Waals surface area contributed by atoms with Gasteiger partial charge in [0.15, 0.2) is 0 Å². The van der Waals surface area contributed by atoms with Gasteiger partial charge in [0.1, 0.15) is 6.04 Å². The van der Waals surface area contributed by atoms with Crippen molar-refractivity contribution in [2.24, 2.45) is 0 Å². The van der Waals surface area contributed by atoms with Crippen molar-refractivity contribution in [1.82, 2.24) is 4.98 Å². The molecule has 2 heterocycles. The number of nitrogens with zero attached hydrogens (tertiary/aromatic N) is 2. The summed E-state index contributed by atoms with van der Waals surface area (Å²) in [7, 11) is 0. The molecule has 1 fully saturated rings. The largest absolute Gasteiger partial charge is 0.480 e. The first-order valence-corrected chi connectivity index (χ1v) is 7.10. The number of benzene rings is 1. The SMILES string of the molecule is O=C(O)C1CCCCCN1c1ccnc2ccccc12. The molecule has 0 radical (unpaired) electrons. The van der Waals surface area contributed by atoms with E-state index in [-0.39, 0.29) is 0 Å². The molecule has 0 spiro atoms. The maximum absolute atomic E-state index is 11.6. The average Bonchev–Trinajstić information content (AvgIpc) is 2.72. The quantitative estimate of drug-likeness (QED) is 0.911. The second-order valence-corrected chi connectivity index (χ2v) is 5.24. The lowest BCUT2D eigenvalue weighted by atomic mass is 10.1. The molecule has 0 aliphatic carbocycles. The van der Waals surface area contributed by atoms with Crippen molar-refractivity contribution >= 4 is 22.6 Å². The lowest BCUT2D eigenvalue weighted by molar-refractivity contribution is -0.138. The topological polar surface area (TPSA) is 53.4 Å². The summed E-state index contributed by atoms with van der Waals surface area (Å²) in [5.74, 6) is -0.729. The van der Waals surface area contributed by atoms with Crippen LogP contribution >= 0.6 is 0 Å². The molecule has 4 heteroatoms. The minimum absolute atomic E-state index is 0.427. The summed E-state index contributed by atoms with van der Waals surface area (Å²) in [4.78, 5) is 18.0. The van der Waals surface area contributed by atoms with Crippen molar-refractivity contribution in [1.29, 1.82) is 0 Å². The first-order chi connectivity index (χ1) is 9.77. The monoisotopic (exact) mass is 270 g/mol. The van der Waals surface area contributed by atoms with Crippen LogP contribution < -0.4 is 4.90 Å². The number of aliphatic carboxylic acids is 1. The predicted molar refractivity (Wildman–Crippen MR) is 79.0 cm³/mol. The van der Waals surface area contributed by atoms with Crippen LogP contribution in [0.2, 0.25) is 0 Å². The van der Waals surface area contributed by atoms with Gasteiger partial charge in [-0.2, -0.15) is 0 Å². The van der Waals surface area contributed by atoms with Gasteiger partial charge in [0.05, 0.1) is 5.52 Å². The molecule has 0 amide bonds. The molecule has 1 atom stereocenters. The van der Waals surface area contributed by atoms with Crippen LogP contribution in [-0.4, -0.2) is 28.6 Å². The fourth-order valence-corrected chi connectivity index (χ4v) is 2.98. The molecule has 1 aromatic carbocycles. The third kappa shape index (κ3) is 2.33. The summed E-state index contributed by atoms with van der Waals surface area (Å²) in [5.41, 5.74) is 1.91. The Morgan fingerprint density at radius 2 is 2.05 bits per heavy atom. The van der Waals surface area contributed by atoms with Crippen LogP contribution in [0.1, 0.15) is 25.7 Å². The molecule has 104 valence electrons. The summed E-state index contributed by atoms with van der Waals surface area (Å²) in [6.07, 6.45) is 5.60. The summed E-state index contributed by atoms with van der Waals surface area (Å²) in [6.45, 7) is 0.797. The molecule has 1 unspecified atom stereocenters. The van der Waals surface area contributed by atoms with Gasteiger partial charge in [0, 0.05) is 23.8 Å². The molecular weight excluding hydrogens is 252 g/mol. The lowest BCUT2D eigenvalue weighted by Gasteiger charge is -2.30. The lowest BCUT2D eigenvalue weighted by Crippen LogP contribution is -2.41. The Bertz CT molecular complexity index is 621. The minimum atomic E-state index is -0.729. The number of para-hydroxylation sites is 1. The number of carboxylic acids is 1. The van der Waals surface area contributed by atoms with Gasteiger partial charge >= 0.3 is 5.97 Å². The zero-order chi connectivity index (χ0) is 13.9. The molecule has 1 aliphatic rings. The van der Waals surface area contributed by atoms with Gasteiger partial charge in [-0.15, -0.1) is 0 Å². The van der Waals surface area contributed by atoms with E-state index in [0.717, 1.165) is 42.4 Å². The summed E-state index contributed by atoms with van der Waals surface area (Å²) < 4.78 is 0. The van der Waals surface area contributed by atoms with E-state index in [2.05, 4.69) is 4.98 Å². The van der Waals surface area contributed by atoms with Gasteiger partial charge < -0.3 is 10.0 Å². The highest BCUT2D eigenvalue weighted by Gasteiger charge is 2.28. The van der Waals surface area contributed by atoms with Gasteiger partial charge in [-0.05, 0) is 25.0 Å². The Balaban J connectivity index is 2.09. The molecule has 3 rings (SSSR count). The molecule has 4 nitrogen and oxygen atoms in total. The van der Waals surface area contributed by atoms with Crippen molar-refractivity contribution in [2.75, 3.05) is 11.4 Å². The molecule has 1 aromatic heterocycles. The van der Waals surface area contributed by atoms with Gasteiger partial charge in [-0.3, -0.25) is 4.98 Å². The van der Waals surface area contributed by atoms with E-state index in [4.69, 9.17) is 0 Å². The third-order valence-electron chi connectivity index (χ3n) is 3.97. The molecule has 0 saturated carbocycles. The highest BCUT2D eigenvalue weighted by atomic mass is 16.4. The number of fused-ring (bicyclic) bond motifs is 1. The van der Waals surface area contributed by atoms with Crippen molar-refractivity contribution in [3.8, 4) is 0 Å². The predicted octanol–water partition coefficient (Wildman–Crippen LogP) is 3.07. The van der Waals surface area contributed by atoms with Crippen LogP contribution in [-0.2, 0) is 4.79 Å². The smallest absolute Gasteiger partial charge is 0.326 e. The number of carbonyl (C=O) groups is 1. The van der Waals surface area contributed by atoms with Gasteiger partial charge in [0.25, 0.3) is 0 Å². The average molecular weight is 270 g/mol. The number of aromatic nitrogens is 1. The normalized spacial score (nSPS) is 19.8. The van der Waals surface area contributed by atoms with Gasteiger partial charge in [-0.1, -0.05) is 31.0 Å². The summed E-state index contributed by atoms with van der Waals surface area (Å²) in [6, 6.07) is 9.41. The zero-order valence-electron chi connectivity index (χ0n) is 11.3. The van der Waals surface area contributed by atoms with E-state index < -0.39 is 12.0 Å². The van der Waals surface area contributed by atoms with E-state index in [0.29, 0.717) is 6.42 Å². The van der Waals surface area contributed by atoms with Crippen molar-refractivity contribution in [3.63, 3.8) is 0 Å². The molecule has 1 N–H and O–H groups in total. The fourth-order valence-electron chi connectivity index (χ4n) is 2.98. The summed E-state index contributed by atoms with van der Waals surface area (Å²) in [5, 5.41) is 10.5. The Kier molecular flexibility index (Phi) is 3.54. The second kappa shape index (κ2) is 5.49. The van der Waals surface area contributed by atoms with Gasteiger partial charge in [0.2, 0.25) is 0 Å². The molecule has 1 saturated heterocycles. The van der Waals surface area contributed by atoms with E-state index >= 15 is 0 Å². The molecule has 20 heavy (non-hydrogen) atoms. The summed E-state index contributed by atoms with van der Waals surface area (Å²) >= 11 is 0.